The molecular weight excluding hydrogens is 306 g/mol. The second-order valence-electron chi connectivity index (χ2n) is 5.81. The Labute approximate surface area is 133 Å². The van der Waals surface area contributed by atoms with Crippen molar-refractivity contribution in [3.05, 3.63) is 34.4 Å². The Morgan fingerprint density at radius 3 is 2.64 bits per heavy atom. The second kappa shape index (κ2) is 6.12. The lowest BCUT2D eigenvalue weighted by atomic mass is 9.93. The number of rotatable bonds is 3. The molecule has 0 saturated carbocycles. The fraction of sp³-hybridized carbons (Fsp3) is 0.533. The molecule has 2 aliphatic heterocycles. The van der Waals surface area contributed by atoms with E-state index in [0.29, 0.717) is 11.6 Å². The minimum absolute atomic E-state index is 0.0199. The quantitative estimate of drug-likeness (QED) is 0.486. The summed E-state index contributed by atoms with van der Waals surface area (Å²) in [4.78, 5) is 26.7. The molecule has 2 fully saturated rings. The van der Waals surface area contributed by atoms with Crippen LogP contribution in [0.1, 0.15) is 25.7 Å². The molecule has 1 aromatic rings. The summed E-state index contributed by atoms with van der Waals surface area (Å²) in [6, 6.07) is 6.29. The molecule has 118 valence electrons. The maximum atomic E-state index is 12.8. The van der Waals surface area contributed by atoms with Gasteiger partial charge in [-0.2, -0.15) is 0 Å². The molecule has 3 rings (SSSR count). The summed E-state index contributed by atoms with van der Waals surface area (Å²) in [5.41, 5.74) is 0.691. The second-order valence-corrected chi connectivity index (χ2v) is 6.12. The van der Waals surface area contributed by atoms with Gasteiger partial charge in [-0.05, 0) is 37.8 Å². The van der Waals surface area contributed by atoms with E-state index in [2.05, 4.69) is 0 Å². The van der Waals surface area contributed by atoms with Crippen molar-refractivity contribution in [2.45, 2.75) is 37.8 Å². The Balaban J connectivity index is 1.89. The SMILES string of the molecule is O=C1N2CCCC[C@H]2C[C@H](CCl)N1c1ccc([N+](=O)[O-])cc1. The summed E-state index contributed by atoms with van der Waals surface area (Å²) in [6.07, 6.45) is 4.07. The number of hydrogen-bond acceptors (Lipinski definition) is 3. The van der Waals surface area contributed by atoms with Crippen molar-refractivity contribution in [3.8, 4) is 0 Å². The standard InChI is InChI=1S/C15H18ClN3O3/c16-10-14-9-13-3-1-2-8-17(13)15(20)18(14)11-4-6-12(7-5-11)19(21)22/h4-7,13-14H,1-3,8-10H2/t13-,14+/m0/s1. The Morgan fingerprint density at radius 1 is 1.27 bits per heavy atom. The van der Waals surface area contributed by atoms with Crippen LogP contribution in [0.15, 0.2) is 24.3 Å². The van der Waals surface area contributed by atoms with Gasteiger partial charge in [-0.25, -0.2) is 4.79 Å². The van der Waals surface area contributed by atoms with E-state index >= 15 is 0 Å². The molecule has 1 aromatic carbocycles. The summed E-state index contributed by atoms with van der Waals surface area (Å²) < 4.78 is 0. The van der Waals surface area contributed by atoms with Gasteiger partial charge in [0.05, 0.1) is 11.0 Å². The number of urea groups is 1. The summed E-state index contributed by atoms with van der Waals surface area (Å²) >= 11 is 6.08. The molecule has 7 heteroatoms. The maximum absolute atomic E-state index is 12.8. The molecule has 0 radical (unpaired) electrons. The lowest BCUT2D eigenvalue weighted by molar-refractivity contribution is -0.384. The average Bonchev–Trinajstić information content (AvgIpc) is 2.55. The molecular formula is C15H18ClN3O3. The van der Waals surface area contributed by atoms with Crippen LogP contribution in [0.5, 0.6) is 0 Å². The van der Waals surface area contributed by atoms with Gasteiger partial charge in [-0.15, -0.1) is 11.6 Å². The predicted molar refractivity (Wildman–Crippen MR) is 84.4 cm³/mol. The molecule has 2 aliphatic rings. The molecule has 22 heavy (non-hydrogen) atoms. The van der Waals surface area contributed by atoms with Crippen LogP contribution < -0.4 is 4.90 Å². The first-order valence-electron chi connectivity index (χ1n) is 7.52. The van der Waals surface area contributed by atoms with Crippen LogP contribution in [0.4, 0.5) is 16.2 Å². The highest BCUT2D eigenvalue weighted by Gasteiger charge is 2.40. The van der Waals surface area contributed by atoms with Crippen molar-refractivity contribution in [3.63, 3.8) is 0 Å². The first-order chi connectivity index (χ1) is 10.6. The van der Waals surface area contributed by atoms with Crippen LogP contribution in [-0.4, -0.2) is 40.4 Å². The molecule has 2 heterocycles. The van der Waals surface area contributed by atoms with Crippen LogP contribution in [0.2, 0.25) is 0 Å². The number of amides is 2. The van der Waals surface area contributed by atoms with Crippen LogP contribution in [-0.2, 0) is 0 Å². The number of benzene rings is 1. The van der Waals surface area contributed by atoms with Gasteiger partial charge in [0.15, 0.2) is 0 Å². The zero-order valence-corrected chi connectivity index (χ0v) is 12.9. The van der Waals surface area contributed by atoms with Crippen molar-refractivity contribution in [1.82, 2.24) is 4.90 Å². The fourth-order valence-electron chi connectivity index (χ4n) is 3.40. The summed E-state index contributed by atoms with van der Waals surface area (Å²) in [7, 11) is 0. The Bertz CT molecular complexity index is 578. The van der Waals surface area contributed by atoms with E-state index in [1.807, 2.05) is 4.90 Å². The Morgan fingerprint density at radius 2 is 2.00 bits per heavy atom. The number of nitro groups is 1. The zero-order valence-electron chi connectivity index (χ0n) is 12.2. The number of nitro benzene ring substituents is 1. The van der Waals surface area contributed by atoms with E-state index in [4.69, 9.17) is 11.6 Å². The zero-order chi connectivity index (χ0) is 15.7. The first kappa shape index (κ1) is 15.1. The van der Waals surface area contributed by atoms with Gasteiger partial charge in [0.25, 0.3) is 5.69 Å². The van der Waals surface area contributed by atoms with Gasteiger partial charge in [0, 0.05) is 36.3 Å². The normalized spacial score (nSPS) is 25.0. The van der Waals surface area contributed by atoms with Crippen molar-refractivity contribution in [2.75, 3.05) is 17.3 Å². The van der Waals surface area contributed by atoms with Gasteiger partial charge in [-0.1, -0.05) is 0 Å². The fourth-order valence-corrected chi connectivity index (χ4v) is 3.66. The third-order valence-corrected chi connectivity index (χ3v) is 4.86. The molecule has 0 aliphatic carbocycles. The number of hydrogen-bond donors (Lipinski definition) is 0. The molecule has 0 aromatic heterocycles. The van der Waals surface area contributed by atoms with E-state index in [1.165, 1.54) is 12.1 Å². The van der Waals surface area contributed by atoms with Gasteiger partial charge >= 0.3 is 6.03 Å². The van der Waals surface area contributed by atoms with Crippen molar-refractivity contribution in [2.24, 2.45) is 0 Å². The number of carbonyl (C=O) groups is 1. The minimum atomic E-state index is -0.443. The van der Waals surface area contributed by atoms with Crippen molar-refractivity contribution in [1.29, 1.82) is 0 Å². The van der Waals surface area contributed by atoms with E-state index in [0.717, 1.165) is 32.2 Å². The number of fused-ring (bicyclic) bond motifs is 1. The monoisotopic (exact) mass is 323 g/mol. The Hall–Kier alpha value is -1.82. The third kappa shape index (κ3) is 2.63. The van der Waals surface area contributed by atoms with Crippen molar-refractivity contribution < 1.29 is 9.72 Å². The molecule has 2 saturated heterocycles. The number of halogens is 1. The highest BCUT2D eigenvalue weighted by atomic mass is 35.5. The molecule has 0 unspecified atom stereocenters. The summed E-state index contributed by atoms with van der Waals surface area (Å²) in [5.74, 6) is 0.368. The molecule has 0 N–H and O–H groups in total. The number of anilines is 1. The van der Waals surface area contributed by atoms with Gasteiger partial charge < -0.3 is 4.90 Å². The van der Waals surface area contributed by atoms with Crippen LogP contribution in [0.3, 0.4) is 0 Å². The lowest BCUT2D eigenvalue weighted by Crippen LogP contribution is -2.60. The third-order valence-electron chi connectivity index (χ3n) is 4.51. The molecule has 0 bridgehead atoms. The molecule has 2 atom stereocenters. The Kier molecular flexibility index (Phi) is 4.20. The van der Waals surface area contributed by atoms with Crippen LogP contribution >= 0.6 is 11.6 Å². The minimum Gasteiger partial charge on any atom is -0.321 e. The van der Waals surface area contributed by atoms with Crippen molar-refractivity contribution >= 4 is 29.0 Å². The summed E-state index contributed by atoms with van der Waals surface area (Å²) in [5, 5.41) is 10.8. The van der Waals surface area contributed by atoms with Gasteiger partial charge in [-0.3, -0.25) is 15.0 Å². The molecule has 6 nitrogen and oxygen atoms in total. The van der Waals surface area contributed by atoms with E-state index in [9.17, 15) is 14.9 Å². The van der Waals surface area contributed by atoms with E-state index < -0.39 is 4.92 Å². The van der Waals surface area contributed by atoms with Gasteiger partial charge in [0.2, 0.25) is 0 Å². The highest BCUT2D eigenvalue weighted by molar-refractivity contribution is 6.19. The number of carbonyl (C=O) groups excluding carboxylic acids is 1. The summed E-state index contributed by atoms with van der Waals surface area (Å²) in [6.45, 7) is 0.780. The smallest absolute Gasteiger partial charge is 0.321 e. The number of alkyl halides is 1. The molecule has 0 spiro atoms. The maximum Gasteiger partial charge on any atom is 0.325 e. The van der Waals surface area contributed by atoms with E-state index in [-0.39, 0.29) is 23.8 Å². The van der Waals surface area contributed by atoms with E-state index in [1.54, 1.807) is 17.0 Å². The number of nitrogens with zero attached hydrogens (tertiary/aromatic N) is 3. The lowest BCUT2D eigenvalue weighted by Gasteiger charge is -2.47. The topological polar surface area (TPSA) is 66.7 Å². The average molecular weight is 324 g/mol. The number of non-ortho nitro benzene ring substituents is 1. The predicted octanol–water partition coefficient (Wildman–Crippen LogP) is 3.39. The molecule has 2 amide bonds. The number of piperidine rings is 1. The van der Waals surface area contributed by atoms with Crippen LogP contribution in [0.25, 0.3) is 0 Å². The largest absolute Gasteiger partial charge is 0.325 e. The first-order valence-corrected chi connectivity index (χ1v) is 8.05. The van der Waals surface area contributed by atoms with Gasteiger partial charge in [0.1, 0.15) is 0 Å². The van der Waals surface area contributed by atoms with Crippen LogP contribution in [0, 0.1) is 10.1 Å². The highest BCUT2D eigenvalue weighted by Crippen LogP contribution is 2.33.